The first kappa shape index (κ1) is 13.5. The smallest absolute Gasteiger partial charge is 0.0717 e. The van der Waals surface area contributed by atoms with Crippen molar-refractivity contribution in [1.29, 1.82) is 0 Å². The van der Waals surface area contributed by atoms with Gasteiger partial charge in [0.2, 0.25) is 0 Å². The molecule has 1 aliphatic rings. The molecular weight excluding hydrogens is 222 g/mol. The van der Waals surface area contributed by atoms with E-state index in [1.54, 1.807) is 0 Å². The van der Waals surface area contributed by atoms with Gasteiger partial charge >= 0.3 is 0 Å². The van der Waals surface area contributed by atoms with Crippen molar-refractivity contribution in [2.75, 3.05) is 6.61 Å². The molecule has 2 unspecified atom stereocenters. The highest BCUT2D eigenvalue weighted by atomic mass is 35.5. The summed E-state index contributed by atoms with van der Waals surface area (Å²) in [6.45, 7) is 1.59. The highest BCUT2D eigenvalue weighted by Crippen LogP contribution is 2.24. The monoisotopic (exact) mass is 241 g/mol. The first-order chi connectivity index (χ1) is 7.34. The predicted octanol–water partition coefficient (Wildman–Crippen LogP) is 2.75. The molecule has 2 atom stereocenters. The van der Waals surface area contributed by atoms with Gasteiger partial charge in [0.1, 0.15) is 0 Å². The standard InChI is InChI=1S/C13H19NO.ClH/c14-13-7-6-12(8-13)10-15-9-11-4-2-1-3-5-11;/h1-5,12-13H,6-10,14H2;1H. The van der Waals surface area contributed by atoms with Gasteiger partial charge in [-0.3, -0.25) is 0 Å². The van der Waals surface area contributed by atoms with Gasteiger partial charge in [-0.1, -0.05) is 30.3 Å². The van der Waals surface area contributed by atoms with Crippen LogP contribution in [0.4, 0.5) is 0 Å². The van der Waals surface area contributed by atoms with E-state index in [4.69, 9.17) is 10.5 Å². The molecule has 1 aromatic rings. The second-order valence-corrected chi connectivity index (χ2v) is 4.44. The summed E-state index contributed by atoms with van der Waals surface area (Å²) >= 11 is 0. The van der Waals surface area contributed by atoms with Crippen molar-refractivity contribution >= 4 is 12.4 Å². The zero-order chi connectivity index (χ0) is 10.5. The number of rotatable bonds is 4. The molecule has 90 valence electrons. The van der Waals surface area contributed by atoms with Crippen molar-refractivity contribution in [2.45, 2.75) is 31.9 Å². The molecule has 2 nitrogen and oxygen atoms in total. The molecule has 0 amide bonds. The van der Waals surface area contributed by atoms with Crippen LogP contribution in [0.25, 0.3) is 0 Å². The molecule has 2 rings (SSSR count). The average Bonchev–Trinajstić information content (AvgIpc) is 2.66. The van der Waals surface area contributed by atoms with E-state index in [1.807, 2.05) is 18.2 Å². The van der Waals surface area contributed by atoms with Gasteiger partial charge in [-0.25, -0.2) is 0 Å². The average molecular weight is 242 g/mol. The number of hydrogen-bond donors (Lipinski definition) is 1. The topological polar surface area (TPSA) is 35.2 Å². The lowest BCUT2D eigenvalue weighted by Gasteiger charge is -2.10. The minimum absolute atomic E-state index is 0. The molecule has 0 saturated heterocycles. The van der Waals surface area contributed by atoms with Crippen molar-refractivity contribution in [3.05, 3.63) is 35.9 Å². The van der Waals surface area contributed by atoms with Gasteiger partial charge in [-0.15, -0.1) is 12.4 Å². The summed E-state index contributed by atoms with van der Waals surface area (Å²) in [7, 11) is 0. The molecule has 16 heavy (non-hydrogen) atoms. The predicted molar refractivity (Wildman–Crippen MR) is 68.7 cm³/mol. The molecule has 1 aromatic carbocycles. The molecule has 2 N–H and O–H groups in total. The Labute approximate surface area is 104 Å². The molecule has 1 aliphatic carbocycles. The molecular formula is C13H20ClNO. The Morgan fingerprint density at radius 1 is 1.19 bits per heavy atom. The lowest BCUT2D eigenvalue weighted by atomic mass is 10.1. The van der Waals surface area contributed by atoms with Crippen LogP contribution in [0.15, 0.2) is 30.3 Å². The molecule has 1 saturated carbocycles. The Balaban J connectivity index is 0.00000128. The van der Waals surface area contributed by atoms with Crippen LogP contribution in [-0.2, 0) is 11.3 Å². The van der Waals surface area contributed by atoms with Crippen LogP contribution in [0.5, 0.6) is 0 Å². The van der Waals surface area contributed by atoms with Crippen molar-refractivity contribution in [1.82, 2.24) is 0 Å². The third-order valence-corrected chi connectivity index (χ3v) is 3.05. The maximum absolute atomic E-state index is 5.85. The Bertz CT molecular complexity index is 291. The number of benzene rings is 1. The quantitative estimate of drug-likeness (QED) is 0.880. The fourth-order valence-corrected chi connectivity index (χ4v) is 2.18. The molecule has 0 spiro atoms. The van der Waals surface area contributed by atoms with E-state index >= 15 is 0 Å². The zero-order valence-corrected chi connectivity index (χ0v) is 10.3. The lowest BCUT2D eigenvalue weighted by Crippen LogP contribution is -2.16. The summed E-state index contributed by atoms with van der Waals surface area (Å²) in [6.07, 6.45) is 3.53. The summed E-state index contributed by atoms with van der Waals surface area (Å²) in [4.78, 5) is 0. The van der Waals surface area contributed by atoms with Gasteiger partial charge in [-0.2, -0.15) is 0 Å². The third kappa shape index (κ3) is 4.12. The van der Waals surface area contributed by atoms with E-state index < -0.39 is 0 Å². The summed E-state index contributed by atoms with van der Waals surface area (Å²) in [5.74, 6) is 0.684. The van der Waals surface area contributed by atoms with Gasteiger partial charge in [0.05, 0.1) is 6.61 Å². The van der Waals surface area contributed by atoms with E-state index in [0.717, 1.165) is 19.6 Å². The van der Waals surface area contributed by atoms with Crippen LogP contribution < -0.4 is 5.73 Å². The van der Waals surface area contributed by atoms with Crippen LogP contribution in [0, 0.1) is 5.92 Å². The number of hydrogen-bond acceptors (Lipinski definition) is 2. The van der Waals surface area contributed by atoms with E-state index in [0.29, 0.717) is 12.0 Å². The summed E-state index contributed by atoms with van der Waals surface area (Å²) in [5.41, 5.74) is 7.10. The summed E-state index contributed by atoms with van der Waals surface area (Å²) < 4.78 is 5.70. The Kier molecular flexibility index (Phi) is 5.81. The fourth-order valence-electron chi connectivity index (χ4n) is 2.18. The summed E-state index contributed by atoms with van der Waals surface area (Å²) in [6, 6.07) is 10.7. The molecule has 0 bridgehead atoms. The van der Waals surface area contributed by atoms with E-state index in [-0.39, 0.29) is 12.4 Å². The number of nitrogens with two attached hydrogens (primary N) is 1. The zero-order valence-electron chi connectivity index (χ0n) is 9.47. The van der Waals surface area contributed by atoms with E-state index in [9.17, 15) is 0 Å². The molecule has 0 radical (unpaired) electrons. The van der Waals surface area contributed by atoms with Crippen LogP contribution in [0.1, 0.15) is 24.8 Å². The van der Waals surface area contributed by atoms with Crippen LogP contribution >= 0.6 is 12.4 Å². The van der Waals surface area contributed by atoms with Crippen molar-refractivity contribution in [2.24, 2.45) is 11.7 Å². The fraction of sp³-hybridized carbons (Fsp3) is 0.538. The first-order valence-corrected chi connectivity index (χ1v) is 5.72. The highest BCUT2D eigenvalue weighted by Gasteiger charge is 2.21. The van der Waals surface area contributed by atoms with E-state index in [1.165, 1.54) is 18.4 Å². The highest BCUT2D eigenvalue weighted by molar-refractivity contribution is 5.85. The lowest BCUT2D eigenvalue weighted by molar-refractivity contribution is 0.0885. The van der Waals surface area contributed by atoms with Crippen molar-refractivity contribution in [3.8, 4) is 0 Å². The molecule has 0 aliphatic heterocycles. The minimum Gasteiger partial charge on any atom is -0.376 e. The first-order valence-electron chi connectivity index (χ1n) is 5.72. The Morgan fingerprint density at radius 3 is 2.56 bits per heavy atom. The number of halogens is 1. The second kappa shape index (κ2) is 6.89. The van der Waals surface area contributed by atoms with Crippen LogP contribution in [-0.4, -0.2) is 12.6 Å². The van der Waals surface area contributed by atoms with Gasteiger partial charge in [0.15, 0.2) is 0 Å². The van der Waals surface area contributed by atoms with Gasteiger partial charge < -0.3 is 10.5 Å². The normalized spacial score (nSPS) is 24.1. The van der Waals surface area contributed by atoms with Crippen LogP contribution in [0.2, 0.25) is 0 Å². The maximum Gasteiger partial charge on any atom is 0.0717 e. The van der Waals surface area contributed by atoms with Crippen LogP contribution in [0.3, 0.4) is 0 Å². The van der Waals surface area contributed by atoms with Gasteiger partial charge in [0.25, 0.3) is 0 Å². The maximum atomic E-state index is 5.85. The Morgan fingerprint density at radius 2 is 1.94 bits per heavy atom. The molecule has 3 heteroatoms. The minimum atomic E-state index is 0. The molecule has 1 fully saturated rings. The van der Waals surface area contributed by atoms with E-state index in [2.05, 4.69) is 12.1 Å². The van der Waals surface area contributed by atoms with Gasteiger partial charge in [0, 0.05) is 12.6 Å². The third-order valence-electron chi connectivity index (χ3n) is 3.05. The Hall–Kier alpha value is -0.570. The summed E-state index contributed by atoms with van der Waals surface area (Å²) in [5, 5.41) is 0. The number of ether oxygens (including phenoxy) is 1. The van der Waals surface area contributed by atoms with Crippen molar-refractivity contribution in [3.63, 3.8) is 0 Å². The van der Waals surface area contributed by atoms with Crippen molar-refractivity contribution < 1.29 is 4.74 Å². The molecule has 0 heterocycles. The second-order valence-electron chi connectivity index (χ2n) is 4.44. The SMILES string of the molecule is Cl.NC1CCC(COCc2ccccc2)C1. The molecule has 0 aromatic heterocycles. The van der Waals surface area contributed by atoms with Gasteiger partial charge in [-0.05, 0) is 30.7 Å². The largest absolute Gasteiger partial charge is 0.376 e.